The Kier molecular flexibility index (Phi) is 8.15. The number of alkyl halides is 3. The van der Waals surface area contributed by atoms with E-state index in [1.54, 1.807) is 21.4 Å². The van der Waals surface area contributed by atoms with Crippen LogP contribution in [-0.2, 0) is 17.5 Å². The number of halogens is 4. The Morgan fingerprint density at radius 3 is 2.49 bits per heavy atom. The van der Waals surface area contributed by atoms with Crippen molar-refractivity contribution in [1.82, 2.24) is 24.4 Å². The maximum Gasteiger partial charge on any atom is 0.434 e. The summed E-state index contributed by atoms with van der Waals surface area (Å²) < 4.78 is 54.8. The molecule has 0 spiro atoms. The molecule has 226 valence electrons. The van der Waals surface area contributed by atoms with Gasteiger partial charge in [0.05, 0.1) is 46.7 Å². The standard InChI is InChI=1S/C30H29ClF3N5O4/c31-19-13-23(27(36-14-19)30(32,33)34)28(40)37-20-7-5-18(6-8-20)16-38-24-3-1-2-4-25(24)39(29(38)41)21-9-10-26(35-15-21)43-22-11-12-42-17-22/h1-4,9-10,13-15,18,20,22H,5-8,11-12,16-17H2,(H,37,40). The predicted molar refractivity (Wildman–Crippen MR) is 153 cm³/mol. The molecule has 1 aliphatic heterocycles. The zero-order valence-electron chi connectivity index (χ0n) is 23.0. The highest BCUT2D eigenvalue weighted by atomic mass is 35.5. The number of hydrogen-bond donors (Lipinski definition) is 1. The molecule has 1 saturated heterocycles. The molecular weight excluding hydrogens is 587 g/mol. The van der Waals surface area contributed by atoms with Crippen molar-refractivity contribution in [3.8, 4) is 11.6 Å². The van der Waals surface area contributed by atoms with Crippen molar-refractivity contribution in [1.29, 1.82) is 0 Å². The van der Waals surface area contributed by atoms with Crippen LogP contribution in [0.3, 0.4) is 0 Å². The van der Waals surface area contributed by atoms with Crippen molar-refractivity contribution in [3.05, 3.63) is 81.6 Å². The molecule has 1 aromatic carbocycles. The number of aromatic nitrogens is 4. The number of amides is 1. The number of para-hydroxylation sites is 2. The lowest BCUT2D eigenvalue weighted by molar-refractivity contribution is -0.141. The molecule has 1 atom stereocenters. The van der Waals surface area contributed by atoms with E-state index in [-0.39, 0.29) is 28.8 Å². The van der Waals surface area contributed by atoms with Crippen LogP contribution in [0.25, 0.3) is 16.7 Å². The van der Waals surface area contributed by atoms with Gasteiger partial charge in [-0.25, -0.2) is 14.8 Å². The van der Waals surface area contributed by atoms with Crippen LogP contribution in [0.1, 0.15) is 48.2 Å². The minimum atomic E-state index is -4.78. The van der Waals surface area contributed by atoms with E-state index in [0.717, 1.165) is 29.7 Å². The number of imidazole rings is 1. The third kappa shape index (κ3) is 6.25. The number of carbonyl (C=O) groups is 1. The van der Waals surface area contributed by atoms with Crippen molar-refractivity contribution in [2.24, 2.45) is 5.92 Å². The third-order valence-corrected chi connectivity index (χ3v) is 8.19. The van der Waals surface area contributed by atoms with E-state index in [9.17, 15) is 22.8 Å². The van der Waals surface area contributed by atoms with Gasteiger partial charge in [-0.05, 0) is 55.9 Å². The molecule has 6 rings (SSSR count). The summed E-state index contributed by atoms with van der Waals surface area (Å²) in [4.78, 5) is 34.2. The second-order valence-electron chi connectivity index (χ2n) is 10.9. The Morgan fingerprint density at radius 1 is 1.05 bits per heavy atom. The van der Waals surface area contributed by atoms with E-state index < -0.39 is 23.3 Å². The highest BCUT2D eigenvalue weighted by Gasteiger charge is 2.38. The Hall–Kier alpha value is -3.90. The molecule has 2 aliphatic rings. The molecule has 1 aliphatic carbocycles. The van der Waals surface area contributed by atoms with Gasteiger partial charge in [0.2, 0.25) is 5.88 Å². The van der Waals surface area contributed by atoms with E-state index in [1.165, 1.54) is 0 Å². The van der Waals surface area contributed by atoms with Gasteiger partial charge < -0.3 is 14.8 Å². The van der Waals surface area contributed by atoms with Gasteiger partial charge in [0, 0.05) is 31.3 Å². The number of benzene rings is 1. The first kappa shape index (κ1) is 29.2. The number of carbonyl (C=O) groups excluding carboxylic acids is 1. The first-order chi connectivity index (χ1) is 20.7. The SMILES string of the molecule is O=C(NC1CCC(Cn2c(=O)n(-c3ccc(OC4CCOC4)nc3)c3ccccc32)CC1)c1cc(Cl)cnc1C(F)(F)F. The van der Waals surface area contributed by atoms with Crippen LogP contribution in [0, 0.1) is 5.92 Å². The van der Waals surface area contributed by atoms with Crippen LogP contribution < -0.4 is 15.7 Å². The number of nitrogens with zero attached hydrogens (tertiary/aromatic N) is 4. The maximum atomic E-state index is 13.7. The Bertz CT molecular complexity index is 1670. The summed E-state index contributed by atoms with van der Waals surface area (Å²) in [5, 5.41) is 2.67. The summed E-state index contributed by atoms with van der Waals surface area (Å²) in [6, 6.07) is 11.8. The molecule has 4 heterocycles. The predicted octanol–water partition coefficient (Wildman–Crippen LogP) is 5.41. The lowest BCUT2D eigenvalue weighted by Gasteiger charge is -2.29. The minimum absolute atomic E-state index is 0.0300. The monoisotopic (exact) mass is 615 g/mol. The summed E-state index contributed by atoms with van der Waals surface area (Å²) in [5.41, 5.74) is 0.116. The van der Waals surface area contributed by atoms with Gasteiger partial charge in [-0.1, -0.05) is 23.7 Å². The van der Waals surface area contributed by atoms with Crippen molar-refractivity contribution in [2.75, 3.05) is 13.2 Å². The van der Waals surface area contributed by atoms with Crippen molar-refractivity contribution >= 4 is 28.5 Å². The van der Waals surface area contributed by atoms with Crippen LogP contribution in [0.4, 0.5) is 13.2 Å². The molecule has 1 unspecified atom stereocenters. The molecule has 1 saturated carbocycles. The number of nitrogens with one attached hydrogen (secondary N) is 1. The van der Waals surface area contributed by atoms with Crippen molar-refractivity contribution in [3.63, 3.8) is 0 Å². The molecule has 1 amide bonds. The van der Waals surface area contributed by atoms with Gasteiger partial charge >= 0.3 is 11.9 Å². The van der Waals surface area contributed by atoms with Gasteiger partial charge in [0.25, 0.3) is 5.91 Å². The zero-order chi connectivity index (χ0) is 30.1. The van der Waals surface area contributed by atoms with E-state index >= 15 is 0 Å². The smallest absolute Gasteiger partial charge is 0.434 e. The lowest BCUT2D eigenvalue weighted by Crippen LogP contribution is -2.39. The molecule has 43 heavy (non-hydrogen) atoms. The summed E-state index contributed by atoms with van der Waals surface area (Å²) in [7, 11) is 0. The van der Waals surface area contributed by atoms with E-state index in [4.69, 9.17) is 21.1 Å². The molecule has 2 fully saturated rings. The van der Waals surface area contributed by atoms with Gasteiger partial charge in [-0.2, -0.15) is 13.2 Å². The van der Waals surface area contributed by atoms with Gasteiger partial charge in [0.1, 0.15) is 6.10 Å². The highest BCUT2D eigenvalue weighted by Crippen LogP contribution is 2.32. The van der Waals surface area contributed by atoms with Gasteiger partial charge in [-0.3, -0.25) is 13.9 Å². The summed E-state index contributed by atoms with van der Waals surface area (Å²) in [5.74, 6) is -0.237. The van der Waals surface area contributed by atoms with Crippen LogP contribution in [0.5, 0.6) is 5.88 Å². The van der Waals surface area contributed by atoms with Crippen LogP contribution in [0.15, 0.2) is 59.7 Å². The summed E-state index contributed by atoms with van der Waals surface area (Å²) in [6.45, 7) is 1.67. The molecule has 3 aromatic heterocycles. The zero-order valence-corrected chi connectivity index (χ0v) is 23.8. The van der Waals surface area contributed by atoms with Crippen molar-refractivity contribution in [2.45, 2.75) is 57.0 Å². The lowest BCUT2D eigenvalue weighted by atomic mass is 9.85. The average molecular weight is 616 g/mol. The molecule has 0 bridgehead atoms. The minimum Gasteiger partial charge on any atom is -0.472 e. The molecule has 9 nitrogen and oxygen atoms in total. The fourth-order valence-corrected chi connectivity index (χ4v) is 5.99. The number of ether oxygens (including phenoxy) is 2. The number of pyridine rings is 2. The fraction of sp³-hybridized carbons (Fsp3) is 0.400. The molecule has 13 heteroatoms. The van der Waals surface area contributed by atoms with E-state index in [0.29, 0.717) is 57.0 Å². The first-order valence-electron chi connectivity index (χ1n) is 14.1. The van der Waals surface area contributed by atoms with Crippen LogP contribution >= 0.6 is 11.6 Å². The normalized spacial score (nSPS) is 20.8. The Balaban J connectivity index is 1.14. The Morgan fingerprint density at radius 2 is 1.81 bits per heavy atom. The Labute approximate surface area is 249 Å². The largest absolute Gasteiger partial charge is 0.472 e. The van der Waals surface area contributed by atoms with E-state index in [1.807, 2.05) is 30.3 Å². The highest BCUT2D eigenvalue weighted by molar-refractivity contribution is 6.30. The fourth-order valence-electron chi connectivity index (χ4n) is 5.83. The van der Waals surface area contributed by atoms with Gasteiger partial charge in [-0.15, -0.1) is 0 Å². The second kappa shape index (κ2) is 12.0. The summed E-state index contributed by atoms with van der Waals surface area (Å²) in [6.07, 6.45) is 1.01. The quantitative estimate of drug-likeness (QED) is 0.298. The van der Waals surface area contributed by atoms with Gasteiger partial charge in [0.15, 0.2) is 5.69 Å². The topological polar surface area (TPSA) is 100 Å². The molecular formula is C30H29ClF3N5O4. The number of fused-ring (bicyclic) bond motifs is 1. The van der Waals surface area contributed by atoms with Crippen LogP contribution in [-0.4, -0.2) is 50.4 Å². The molecule has 1 N–H and O–H groups in total. The molecule has 4 aromatic rings. The number of rotatable bonds is 7. The molecule has 0 radical (unpaired) electrons. The van der Waals surface area contributed by atoms with Crippen molar-refractivity contribution < 1.29 is 27.4 Å². The van der Waals surface area contributed by atoms with E-state index in [2.05, 4.69) is 15.3 Å². The number of hydrogen-bond acceptors (Lipinski definition) is 6. The van der Waals surface area contributed by atoms with Crippen LogP contribution in [0.2, 0.25) is 5.02 Å². The first-order valence-corrected chi connectivity index (χ1v) is 14.5. The third-order valence-electron chi connectivity index (χ3n) is 7.98. The summed E-state index contributed by atoms with van der Waals surface area (Å²) >= 11 is 5.83. The second-order valence-corrected chi connectivity index (χ2v) is 11.4. The maximum absolute atomic E-state index is 13.7. The average Bonchev–Trinajstić information content (AvgIpc) is 3.60.